The zero-order valence-corrected chi connectivity index (χ0v) is 22.6. The molecule has 0 saturated heterocycles. The second-order valence-corrected chi connectivity index (χ2v) is 9.88. The van der Waals surface area contributed by atoms with E-state index in [1.165, 1.54) is 103 Å². The summed E-state index contributed by atoms with van der Waals surface area (Å²) in [4.78, 5) is 11.5. The fourth-order valence-electron chi connectivity index (χ4n) is 4.44. The van der Waals surface area contributed by atoms with Gasteiger partial charge in [0.05, 0.1) is 0 Å². The van der Waals surface area contributed by atoms with Gasteiger partial charge in [-0.1, -0.05) is 129 Å². The van der Waals surface area contributed by atoms with Crippen molar-refractivity contribution in [1.82, 2.24) is 6.15 Å². The quantitative estimate of drug-likeness (QED) is 0.0742. The first-order valence-electron chi connectivity index (χ1n) is 14.1. The van der Waals surface area contributed by atoms with Crippen LogP contribution in [-0.2, 0) is 9.53 Å². The second kappa shape index (κ2) is 24.5. The van der Waals surface area contributed by atoms with E-state index in [4.69, 9.17) is 4.74 Å². The van der Waals surface area contributed by atoms with Gasteiger partial charge in [0.2, 0.25) is 5.79 Å². The van der Waals surface area contributed by atoms with Gasteiger partial charge in [0.25, 0.3) is 0 Å². The monoisotopic (exact) mass is 473 g/mol. The summed E-state index contributed by atoms with van der Waals surface area (Å²) >= 11 is 0. The third kappa shape index (κ3) is 22.9. The Kier molecular flexibility index (Phi) is 25.6. The van der Waals surface area contributed by atoms with Crippen molar-refractivity contribution >= 4 is 5.97 Å². The second-order valence-electron chi connectivity index (χ2n) is 9.88. The maximum Gasteiger partial charge on any atom is 0.303 e. The normalized spacial score (nSPS) is 12.4. The summed E-state index contributed by atoms with van der Waals surface area (Å²) in [6.07, 6.45) is 24.3. The van der Waals surface area contributed by atoms with Gasteiger partial charge in [0.1, 0.15) is 0 Å². The molecule has 0 heterocycles. The minimum absolute atomic E-state index is 0. The highest BCUT2D eigenvalue weighted by atomic mass is 16.6. The average molecular weight is 474 g/mol. The summed E-state index contributed by atoms with van der Waals surface area (Å²) in [5.41, 5.74) is 0. The molecular weight excluding hydrogens is 414 g/mol. The van der Waals surface area contributed by atoms with Crippen molar-refractivity contribution in [2.45, 2.75) is 174 Å². The minimum atomic E-state index is -1.91. The van der Waals surface area contributed by atoms with Crippen LogP contribution in [0.1, 0.15) is 162 Å². The smallest absolute Gasteiger partial charge is 0.303 e. The first-order chi connectivity index (χ1) is 15.4. The molecule has 0 spiro atoms. The molecular formula is C28H59NO4. The summed E-state index contributed by atoms with van der Waals surface area (Å²) in [6, 6.07) is 0. The highest BCUT2D eigenvalue weighted by molar-refractivity contribution is 5.66. The van der Waals surface area contributed by atoms with Gasteiger partial charge in [-0.2, -0.15) is 0 Å². The Labute approximate surface area is 206 Å². The predicted octanol–water partition coefficient (Wildman–Crippen LogP) is 8.38. The van der Waals surface area contributed by atoms with Crippen molar-refractivity contribution < 1.29 is 19.7 Å². The molecule has 33 heavy (non-hydrogen) atoms. The summed E-state index contributed by atoms with van der Waals surface area (Å²) in [7, 11) is 0. The molecule has 0 aromatic heterocycles. The lowest BCUT2D eigenvalue weighted by atomic mass is 9.96. The van der Waals surface area contributed by atoms with Gasteiger partial charge in [0, 0.05) is 13.3 Å². The minimum Gasteiger partial charge on any atom is -0.457 e. The summed E-state index contributed by atoms with van der Waals surface area (Å²) in [5.74, 6) is -2.34. The lowest BCUT2D eigenvalue weighted by Gasteiger charge is -2.31. The molecule has 1 atom stereocenters. The molecule has 0 aromatic rings. The van der Waals surface area contributed by atoms with Crippen LogP contribution < -0.4 is 6.15 Å². The number of hydrogen-bond donors (Lipinski definition) is 3. The maximum absolute atomic E-state index is 11.5. The highest BCUT2D eigenvalue weighted by Gasteiger charge is 2.36. The summed E-state index contributed by atoms with van der Waals surface area (Å²) in [5, 5.41) is 21.1. The molecule has 0 radical (unpaired) electrons. The topological polar surface area (TPSA) is 102 Å². The third-order valence-corrected chi connectivity index (χ3v) is 6.54. The largest absolute Gasteiger partial charge is 0.457 e. The fraction of sp³-hybridized carbons (Fsp3) is 0.964. The number of aliphatic hydroxyl groups is 2. The van der Waals surface area contributed by atoms with Crippen LogP contribution in [-0.4, -0.2) is 28.1 Å². The molecule has 0 bridgehead atoms. The molecule has 0 aliphatic rings. The molecule has 0 aromatic carbocycles. The Bertz CT molecular complexity index is 415. The molecule has 0 fully saturated rings. The van der Waals surface area contributed by atoms with Gasteiger partial charge in [-0.25, -0.2) is 0 Å². The van der Waals surface area contributed by atoms with Crippen LogP contribution in [0, 0.1) is 0 Å². The molecule has 0 rings (SSSR count). The van der Waals surface area contributed by atoms with E-state index in [0.717, 1.165) is 32.1 Å². The molecule has 0 aliphatic heterocycles. The van der Waals surface area contributed by atoms with Crippen molar-refractivity contribution in [1.29, 1.82) is 0 Å². The number of esters is 1. The average Bonchev–Trinajstić information content (AvgIpc) is 2.75. The molecule has 0 aliphatic carbocycles. The summed E-state index contributed by atoms with van der Waals surface area (Å²) < 4.78 is 5.30. The van der Waals surface area contributed by atoms with Crippen molar-refractivity contribution in [2.75, 3.05) is 0 Å². The first-order valence-corrected chi connectivity index (χ1v) is 14.1. The van der Waals surface area contributed by atoms with Crippen LogP contribution in [0.25, 0.3) is 0 Å². The van der Waals surface area contributed by atoms with Crippen LogP contribution in [0.15, 0.2) is 0 Å². The van der Waals surface area contributed by atoms with Crippen molar-refractivity contribution in [3.63, 3.8) is 0 Å². The molecule has 5 N–H and O–H groups in total. The number of carbonyl (C=O) groups excluding carboxylic acids is 1. The van der Waals surface area contributed by atoms with Crippen molar-refractivity contribution in [3.05, 3.63) is 0 Å². The summed E-state index contributed by atoms with van der Waals surface area (Å²) in [6.45, 7) is 5.83. The third-order valence-electron chi connectivity index (χ3n) is 6.54. The SMILES string of the molecule is CCCCCCCCCCCCC(OC(C)=O)C(O)(O)CCCCCCCCCCCC.N. The van der Waals surface area contributed by atoms with Crippen LogP contribution >= 0.6 is 0 Å². The fourth-order valence-corrected chi connectivity index (χ4v) is 4.44. The zero-order chi connectivity index (χ0) is 23.9. The van der Waals surface area contributed by atoms with E-state index in [-0.39, 0.29) is 12.6 Å². The molecule has 200 valence electrons. The number of carbonyl (C=O) groups is 1. The van der Waals surface area contributed by atoms with Gasteiger partial charge in [-0.3, -0.25) is 4.79 Å². The van der Waals surface area contributed by atoms with E-state index in [1.807, 2.05) is 0 Å². The van der Waals surface area contributed by atoms with Gasteiger partial charge >= 0.3 is 5.97 Å². The number of rotatable bonds is 24. The van der Waals surface area contributed by atoms with Crippen molar-refractivity contribution in [3.8, 4) is 0 Å². The standard InChI is InChI=1S/C28H56O4.H3N/c1-4-6-8-10-12-14-16-18-20-22-24-27(32-26(3)29)28(30,31)25-23-21-19-17-15-13-11-9-7-5-2;/h27,30-31H,4-25H2,1-3H3;1H3. The van der Waals surface area contributed by atoms with E-state index >= 15 is 0 Å². The number of hydrogen-bond acceptors (Lipinski definition) is 5. The van der Waals surface area contributed by atoms with Gasteiger partial charge in [-0.15, -0.1) is 0 Å². The van der Waals surface area contributed by atoms with E-state index in [1.54, 1.807) is 0 Å². The maximum atomic E-state index is 11.5. The Morgan fingerprint density at radius 1 is 0.636 bits per heavy atom. The molecule has 0 amide bonds. The molecule has 5 heteroatoms. The van der Waals surface area contributed by atoms with E-state index in [9.17, 15) is 15.0 Å². The lowest BCUT2D eigenvalue weighted by molar-refractivity contribution is -0.241. The molecule has 1 unspecified atom stereocenters. The number of ether oxygens (including phenoxy) is 1. The zero-order valence-electron chi connectivity index (χ0n) is 22.6. The van der Waals surface area contributed by atoms with Crippen LogP contribution in [0.4, 0.5) is 0 Å². The molecule has 0 saturated carbocycles. The first kappa shape index (κ1) is 34.5. The lowest BCUT2D eigenvalue weighted by Crippen LogP contribution is -2.44. The Morgan fingerprint density at radius 2 is 0.970 bits per heavy atom. The van der Waals surface area contributed by atoms with Crippen LogP contribution in [0.5, 0.6) is 0 Å². The van der Waals surface area contributed by atoms with E-state index < -0.39 is 17.9 Å². The Hall–Kier alpha value is -0.650. The van der Waals surface area contributed by atoms with Crippen LogP contribution in [0.2, 0.25) is 0 Å². The Balaban J connectivity index is 0. The van der Waals surface area contributed by atoms with Crippen molar-refractivity contribution in [2.24, 2.45) is 0 Å². The highest BCUT2D eigenvalue weighted by Crippen LogP contribution is 2.25. The van der Waals surface area contributed by atoms with Gasteiger partial charge < -0.3 is 21.1 Å². The van der Waals surface area contributed by atoms with Gasteiger partial charge in [-0.05, 0) is 19.3 Å². The molecule has 5 nitrogen and oxygen atoms in total. The van der Waals surface area contributed by atoms with E-state index in [2.05, 4.69) is 13.8 Å². The van der Waals surface area contributed by atoms with Gasteiger partial charge in [0.15, 0.2) is 6.10 Å². The Morgan fingerprint density at radius 3 is 1.33 bits per heavy atom. The van der Waals surface area contributed by atoms with E-state index in [0.29, 0.717) is 6.42 Å². The predicted molar refractivity (Wildman–Crippen MR) is 141 cm³/mol. The van der Waals surface area contributed by atoms with Crippen LogP contribution in [0.3, 0.4) is 0 Å². The number of unbranched alkanes of at least 4 members (excludes halogenated alkanes) is 18.